The van der Waals surface area contributed by atoms with Crippen molar-refractivity contribution in [2.24, 2.45) is 0 Å². The number of hydrogen-bond acceptors (Lipinski definition) is 3. The summed E-state index contributed by atoms with van der Waals surface area (Å²) >= 11 is 12.5. The molecule has 0 saturated heterocycles. The summed E-state index contributed by atoms with van der Waals surface area (Å²) in [6.45, 7) is 0. The van der Waals surface area contributed by atoms with Crippen LogP contribution in [0.25, 0.3) is 11.4 Å². The summed E-state index contributed by atoms with van der Waals surface area (Å²) in [5, 5.41) is 0.653. The van der Waals surface area contributed by atoms with Crippen LogP contribution in [0.4, 0.5) is 5.82 Å². The van der Waals surface area contributed by atoms with Gasteiger partial charge in [-0.25, -0.2) is 9.97 Å². The summed E-state index contributed by atoms with van der Waals surface area (Å²) in [6, 6.07) is 5.41. The molecule has 1 aromatic heterocycles. The number of halogens is 3. The Hall–Kier alpha value is -0.650. The summed E-state index contributed by atoms with van der Waals surface area (Å²) in [4.78, 5) is 8.37. The third-order valence-corrected chi connectivity index (χ3v) is 3.45. The highest BCUT2D eigenvalue weighted by Crippen LogP contribution is 2.29. The lowest BCUT2D eigenvalue weighted by Crippen LogP contribution is -1.96. The fourth-order valence-electron chi connectivity index (χ4n) is 1.18. The molecule has 0 aliphatic rings. The van der Waals surface area contributed by atoms with Gasteiger partial charge >= 0.3 is 0 Å². The molecule has 0 atom stereocenters. The van der Waals surface area contributed by atoms with Gasteiger partial charge in [-0.1, -0.05) is 11.6 Å². The first-order chi connectivity index (χ1) is 7.58. The molecule has 1 heterocycles. The summed E-state index contributed by atoms with van der Waals surface area (Å²) in [6.07, 6.45) is 1.62. The van der Waals surface area contributed by atoms with Crippen LogP contribution in [0.5, 0.6) is 0 Å². The maximum atomic E-state index is 5.86. The Bertz CT molecular complexity index is 546. The van der Waals surface area contributed by atoms with Crippen LogP contribution in [0, 0.1) is 0 Å². The van der Waals surface area contributed by atoms with Gasteiger partial charge in [-0.2, -0.15) is 0 Å². The lowest BCUT2D eigenvalue weighted by atomic mass is 10.2. The number of nitrogens with zero attached hydrogens (tertiary/aromatic N) is 2. The molecule has 0 aliphatic heterocycles. The van der Waals surface area contributed by atoms with E-state index < -0.39 is 0 Å². The first-order valence-corrected chi connectivity index (χ1v) is 6.28. The molecule has 0 spiro atoms. The van der Waals surface area contributed by atoms with Crippen LogP contribution in [0.3, 0.4) is 0 Å². The third-order valence-electron chi connectivity index (χ3n) is 1.94. The fourth-order valence-corrected chi connectivity index (χ4v) is 2.23. The zero-order valence-corrected chi connectivity index (χ0v) is 11.8. The average Bonchev–Trinajstić information content (AvgIpc) is 2.22. The van der Waals surface area contributed by atoms with Gasteiger partial charge in [-0.3, -0.25) is 0 Å². The van der Waals surface area contributed by atoms with Crippen LogP contribution in [0.15, 0.2) is 33.3 Å². The lowest BCUT2D eigenvalue weighted by Gasteiger charge is -2.05. The minimum atomic E-state index is 0.409. The van der Waals surface area contributed by atoms with Crippen molar-refractivity contribution in [2.75, 3.05) is 5.73 Å². The molecule has 2 N–H and O–H groups in total. The minimum Gasteiger partial charge on any atom is -0.383 e. The molecule has 0 radical (unpaired) electrons. The van der Waals surface area contributed by atoms with Crippen molar-refractivity contribution in [3.8, 4) is 11.4 Å². The van der Waals surface area contributed by atoms with Gasteiger partial charge in [0.25, 0.3) is 0 Å². The number of nitrogen functional groups attached to an aromatic ring is 1. The van der Waals surface area contributed by atoms with Gasteiger partial charge in [0.15, 0.2) is 5.82 Å². The van der Waals surface area contributed by atoms with Gasteiger partial charge in [-0.05, 0) is 50.1 Å². The Morgan fingerprint density at radius 3 is 2.56 bits per heavy atom. The first-order valence-electron chi connectivity index (χ1n) is 4.31. The Balaban J connectivity index is 2.54. The molecule has 1 aromatic carbocycles. The Labute approximate surface area is 114 Å². The summed E-state index contributed by atoms with van der Waals surface area (Å²) in [5.74, 6) is 0.969. The van der Waals surface area contributed by atoms with E-state index in [9.17, 15) is 0 Å². The van der Waals surface area contributed by atoms with E-state index in [0.717, 1.165) is 10.0 Å². The van der Waals surface area contributed by atoms with Crippen LogP contribution < -0.4 is 5.73 Å². The van der Waals surface area contributed by atoms with Gasteiger partial charge in [-0.15, -0.1) is 0 Å². The third kappa shape index (κ3) is 2.36. The van der Waals surface area contributed by atoms with Gasteiger partial charge in [0.05, 0.1) is 4.47 Å². The van der Waals surface area contributed by atoms with E-state index in [4.69, 9.17) is 17.3 Å². The summed E-state index contributed by atoms with van der Waals surface area (Å²) in [7, 11) is 0. The quantitative estimate of drug-likeness (QED) is 0.836. The number of hydrogen-bond donors (Lipinski definition) is 1. The van der Waals surface area contributed by atoms with Crippen molar-refractivity contribution in [2.45, 2.75) is 0 Å². The van der Waals surface area contributed by atoms with Crippen LogP contribution >= 0.6 is 43.5 Å². The minimum absolute atomic E-state index is 0.409. The fraction of sp³-hybridized carbons (Fsp3) is 0. The van der Waals surface area contributed by atoms with E-state index in [2.05, 4.69) is 41.8 Å². The summed E-state index contributed by atoms with van der Waals surface area (Å²) in [5.41, 5.74) is 6.55. The topological polar surface area (TPSA) is 51.8 Å². The first kappa shape index (κ1) is 11.8. The molecule has 0 unspecified atom stereocenters. The zero-order valence-electron chi connectivity index (χ0n) is 7.92. The van der Waals surface area contributed by atoms with Gasteiger partial charge in [0.1, 0.15) is 5.82 Å². The Kier molecular flexibility index (Phi) is 3.47. The highest BCUT2D eigenvalue weighted by atomic mass is 79.9. The standard InChI is InChI=1S/C10H6Br2ClN3/c11-7-3-5(13)1-2-6(7)10-15-4-8(12)9(14)16-10/h1-4H,(H2,14,15,16). The maximum Gasteiger partial charge on any atom is 0.162 e. The second kappa shape index (κ2) is 4.69. The van der Waals surface area contributed by atoms with E-state index >= 15 is 0 Å². The van der Waals surface area contributed by atoms with E-state index in [1.54, 1.807) is 18.3 Å². The van der Waals surface area contributed by atoms with E-state index in [1.807, 2.05) is 6.07 Å². The number of anilines is 1. The van der Waals surface area contributed by atoms with Crippen LogP contribution in [-0.4, -0.2) is 9.97 Å². The monoisotopic (exact) mass is 361 g/mol. The van der Waals surface area contributed by atoms with Gasteiger partial charge < -0.3 is 5.73 Å². The number of benzene rings is 1. The van der Waals surface area contributed by atoms with Crippen molar-refractivity contribution >= 4 is 49.3 Å². The van der Waals surface area contributed by atoms with Crippen molar-refractivity contribution in [3.05, 3.63) is 38.4 Å². The molecule has 0 bridgehead atoms. The second-order valence-corrected chi connectivity index (χ2v) is 5.20. The Morgan fingerprint density at radius 2 is 1.94 bits per heavy atom. The van der Waals surface area contributed by atoms with Crippen molar-refractivity contribution in [1.29, 1.82) is 0 Å². The predicted octanol–water partition coefficient (Wildman–Crippen LogP) is 3.90. The molecule has 16 heavy (non-hydrogen) atoms. The number of nitrogens with two attached hydrogens (primary N) is 1. The predicted molar refractivity (Wildman–Crippen MR) is 72.3 cm³/mol. The molecule has 3 nitrogen and oxygen atoms in total. The van der Waals surface area contributed by atoms with Gasteiger partial charge in [0, 0.05) is 21.3 Å². The molecule has 0 fully saturated rings. The van der Waals surface area contributed by atoms with Crippen LogP contribution in [-0.2, 0) is 0 Å². The zero-order chi connectivity index (χ0) is 11.7. The highest BCUT2D eigenvalue weighted by Gasteiger charge is 2.08. The van der Waals surface area contributed by atoms with E-state index in [-0.39, 0.29) is 0 Å². The normalized spacial score (nSPS) is 10.4. The molecule has 0 aliphatic carbocycles. The second-order valence-electron chi connectivity index (χ2n) is 3.05. The molecule has 0 saturated carbocycles. The average molecular weight is 363 g/mol. The van der Waals surface area contributed by atoms with Crippen molar-refractivity contribution < 1.29 is 0 Å². The summed E-state index contributed by atoms with van der Waals surface area (Å²) < 4.78 is 1.52. The molecular formula is C10H6Br2ClN3. The van der Waals surface area contributed by atoms with Crippen molar-refractivity contribution in [1.82, 2.24) is 9.97 Å². The molecule has 82 valence electrons. The lowest BCUT2D eigenvalue weighted by molar-refractivity contribution is 1.17. The maximum absolute atomic E-state index is 5.86. The van der Waals surface area contributed by atoms with Gasteiger partial charge in [0.2, 0.25) is 0 Å². The molecule has 0 amide bonds. The van der Waals surface area contributed by atoms with E-state index in [1.165, 1.54) is 0 Å². The molecular weight excluding hydrogens is 357 g/mol. The van der Waals surface area contributed by atoms with Crippen LogP contribution in [0.1, 0.15) is 0 Å². The van der Waals surface area contributed by atoms with Crippen LogP contribution in [0.2, 0.25) is 5.02 Å². The molecule has 2 rings (SSSR count). The number of aromatic nitrogens is 2. The number of rotatable bonds is 1. The molecule has 2 aromatic rings. The smallest absolute Gasteiger partial charge is 0.162 e. The largest absolute Gasteiger partial charge is 0.383 e. The SMILES string of the molecule is Nc1nc(-c2ccc(Cl)cc2Br)ncc1Br. The van der Waals surface area contributed by atoms with E-state index in [0.29, 0.717) is 21.1 Å². The van der Waals surface area contributed by atoms with Crippen molar-refractivity contribution in [3.63, 3.8) is 0 Å². The molecule has 6 heteroatoms. The highest BCUT2D eigenvalue weighted by molar-refractivity contribution is 9.11. The Morgan fingerprint density at radius 1 is 1.19 bits per heavy atom.